The number of carbonyl (C=O) groups excluding carboxylic acids is 1. The smallest absolute Gasteiger partial charge is 0.325 e. The van der Waals surface area contributed by atoms with E-state index in [2.05, 4.69) is 12.2 Å². The van der Waals surface area contributed by atoms with Crippen molar-refractivity contribution in [3.05, 3.63) is 0 Å². The zero-order chi connectivity index (χ0) is 12.7. The van der Waals surface area contributed by atoms with Gasteiger partial charge in [0.25, 0.3) is 0 Å². The van der Waals surface area contributed by atoms with E-state index in [9.17, 15) is 18.0 Å². The highest BCUT2D eigenvalue weighted by Crippen LogP contribution is 2.49. The van der Waals surface area contributed by atoms with E-state index >= 15 is 0 Å². The summed E-state index contributed by atoms with van der Waals surface area (Å²) in [6.45, 7) is 3.20. The van der Waals surface area contributed by atoms with Crippen LogP contribution >= 0.6 is 0 Å². The minimum absolute atomic E-state index is 0.00643. The summed E-state index contributed by atoms with van der Waals surface area (Å²) in [5.41, 5.74) is -1.94. The molecule has 6 heteroatoms. The molecule has 2 amide bonds. The standard InChI is InChI=1S/C11H17F3N2O/c1-8-2-6-16(7-3-8)9(17)15-10(4-5-10)11(12,13)14/h8H,2-7H2,1H3,(H,15,17). The van der Waals surface area contributed by atoms with E-state index < -0.39 is 17.7 Å². The molecule has 1 saturated heterocycles. The summed E-state index contributed by atoms with van der Waals surface area (Å²) in [4.78, 5) is 13.2. The zero-order valence-electron chi connectivity index (χ0n) is 9.81. The van der Waals surface area contributed by atoms with Crippen LogP contribution in [0, 0.1) is 5.92 Å². The van der Waals surface area contributed by atoms with E-state index in [0.29, 0.717) is 19.0 Å². The molecule has 0 aromatic heterocycles. The van der Waals surface area contributed by atoms with Crippen LogP contribution in [0.4, 0.5) is 18.0 Å². The fourth-order valence-electron chi connectivity index (χ4n) is 2.10. The third-order valence-electron chi connectivity index (χ3n) is 3.71. The number of hydrogen-bond donors (Lipinski definition) is 1. The van der Waals surface area contributed by atoms with Crippen molar-refractivity contribution in [3.63, 3.8) is 0 Å². The van der Waals surface area contributed by atoms with Crippen molar-refractivity contribution in [1.29, 1.82) is 0 Å². The lowest BCUT2D eigenvalue weighted by Crippen LogP contribution is -2.54. The Morgan fingerprint density at radius 3 is 2.24 bits per heavy atom. The van der Waals surface area contributed by atoms with Crippen molar-refractivity contribution in [1.82, 2.24) is 10.2 Å². The number of nitrogens with one attached hydrogen (secondary N) is 1. The summed E-state index contributed by atoms with van der Waals surface area (Å²) in [6, 6.07) is -0.563. The lowest BCUT2D eigenvalue weighted by atomic mass is 10.00. The number of amides is 2. The first kappa shape index (κ1) is 12.5. The molecule has 98 valence electrons. The van der Waals surface area contributed by atoms with Gasteiger partial charge in [-0.05, 0) is 31.6 Å². The van der Waals surface area contributed by atoms with Crippen molar-refractivity contribution in [2.75, 3.05) is 13.1 Å². The highest BCUT2D eigenvalue weighted by molar-refractivity contribution is 5.75. The Bertz CT molecular complexity index is 304. The van der Waals surface area contributed by atoms with E-state index in [-0.39, 0.29) is 12.8 Å². The molecule has 0 bridgehead atoms. The molecule has 0 radical (unpaired) electrons. The molecule has 3 nitrogen and oxygen atoms in total. The number of halogens is 3. The van der Waals surface area contributed by atoms with Crippen LogP contribution in [-0.4, -0.2) is 35.7 Å². The third kappa shape index (κ3) is 2.50. The van der Waals surface area contributed by atoms with Crippen LogP contribution in [0.15, 0.2) is 0 Å². The van der Waals surface area contributed by atoms with E-state index in [0.717, 1.165) is 12.8 Å². The van der Waals surface area contributed by atoms with Crippen LogP contribution in [0.5, 0.6) is 0 Å². The van der Waals surface area contributed by atoms with Crippen molar-refractivity contribution >= 4 is 6.03 Å². The third-order valence-corrected chi connectivity index (χ3v) is 3.71. The largest absolute Gasteiger partial charge is 0.411 e. The molecule has 1 saturated carbocycles. The average molecular weight is 250 g/mol. The maximum Gasteiger partial charge on any atom is 0.411 e. The quantitative estimate of drug-likeness (QED) is 0.762. The minimum Gasteiger partial charge on any atom is -0.325 e. The molecule has 1 heterocycles. The van der Waals surface area contributed by atoms with Gasteiger partial charge in [-0.3, -0.25) is 0 Å². The molecule has 1 aliphatic carbocycles. The number of likely N-dealkylation sites (tertiary alicyclic amines) is 1. The second-order valence-electron chi connectivity index (χ2n) is 5.18. The first-order valence-electron chi connectivity index (χ1n) is 5.98. The van der Waals surface area contributed by atoms with Gasteiger partial charge < -0.3 is 10.2 Å². The average Bonchev–Trinajstić information content (AvgIpc) is 2.98. The molecular weight excluding hydrogens is 233 g/mol. The van der Waals surface area contributed by atoms with E-state index in [4.69, 9.17) is 0 Å². The second kappa shape index (κ2) is 4.07. The maximum absolute atomic E-state index is 12.7. The van der Waals surface area contributed by atoms with E-state index in [1.54, 1.807) is 0 Å². The van der Waals surface area contributed by atoms with Gasteiger partial charge in [-0.2, -0.15) is 13.2 Å². The van der Waals surface area contributed by atoms with Crippen LogP contribution in [0.2, 0.25) is 0 Å². The molecule has 1 N–H and O–H groups in total. The van der Waals surface area contributed by atoms with Gasteiger partial charge in [-0.1, -0.05) is 6.92 Å². The molecule has 17 heavy (non-hydrogen) atoms. The van der Waals surface area contributed by atoms with Crippen LogP contribution in [0.25, 0.3) is 0 Å². The Balaban J connectivity index is 1.90. The molecule has 2 rings (SSSR count). The zero-order valence-corrected chi connectivity index (χ0v) is 9.81. The van der Waals surface area contributed by atoms with Crippen LogP contribution in [0.1, 0.15) is 32.6 Å². The topological polar surface area (TPSA) is 32.3 Å². The highest BCUT2D eigenvalue weighted by atomic mass is 19.4. The van der Waals surface area contributed by atoms with Gasteiger partial charge in [0.2, 0.25) is 0 Å². The molecule has 2 fully saturated rings. The van der Waals surface area contributed by atoms with E-state index in [1.165, 1.54) is 4.90 Å². The maximum atomic E-state index is 12.7. The number of rotatable bonds is 1. The van der Waals surface area contributed by atoms with Gasteiger partial charge in [0.1, 0.15) is 5.54 Å². The number of alkyl halides is 3. The number of urea groups is 1. The predicted octanol–water partition coefficient (Wildman–Crippen LogP) is 2.52. The first-order chi connectivity index (χ1) is 7.84. The van der Waals surface area contributed by atoms with Gasteiger partial charge in [-0.25, -0.2) is 4.79 Å². The molecule has 0 aromatic carbocycles. The summed E-state index contributed by atoms with van der Waals surface area (Å²) < 4.78 is 38.0. The Labute approximate surface area is 98.3 Å². The van der Waals surface area contributed by atoms with Gasteiger partial charge in [0, 0.05) is 13.1 Å². The van der Waals surface area contributed by atoms with Crippen molar-refractivity contribution in [3.8, 4) is 0 Å². The molecule has 2 aliphatic rings. The number of nitrogens with zero attached hydrogens (tertiary/aromatic N) is 1. The lowest BCUT2D eigenvalue weighted by molar-refractivity contribution is -0.163. The van der Waals surface area contributed by atoms with Crippen molar-refractivity contribution < 1.29 is 18.0 Å². The summed E-state index contributed by atoms with van der Waals surface area (Å²) in [7, 11) is 0. The molecule has 0 spiro atoms. The SMILES string of the molecule is CC1CCN(C(=O)NC2(C(F)(F)F)CC2)CC1. The molecular formula is C11H17F3N2O. The van der Waals surface area contributed by atoms with Crippen molar-refractivity contribution in [2.24, 2.45) is 5.92 Å². The number of carbonyl (C=O) groups is 1. The normalized spacial score (nSPS) is 24.6. The van der Waals surface area contributed by atoms with Gasteiger partial charge >= 0.3 is 12.2 Å². The summed E-state index contributed by atoms with van der Waals surface area (Å²) in [6.07, 6.45) is -2.58. The fourth-order valence-corrected chi connectivity index (χ4v) is 2.10. The number of hydrogen-bond acceptors (Lipinski definition) is 1. The fraction of sp³-hybridized carbons (Fsp3) is 0.909. The lowest BCUT2D eigenvalue weighted by Gasteiger charge is -2.32. The van der Waals surface area contributed by atoms with Crippen LogP contribution in [-0.2, 0) is 0 Å². The van der Waals surface area contributed by atoms with Crippen LogP contribution < -0.4 is 5.32 Å². The van der Waals surface area contributed by atoms with Crippen LogP contribution in [0.3, 0.4) is 0 Å². The van der Waals surface area contributed by atoms with Crippen molar-refractivity contribution in [2.45, 2.75) is 44.3 Å². The predicted molar refractivity (Wildman–Crippen MR) is 56.5 cm³/mol. The summed E-state index contributed by atoms with van der Waals surface area (Å²) in [5.74, 6) is 0.552. The Morgan fingerprint density at radius 2 is 1.82 bits per heavy atom. The van der Waals surface area contributed by atoms with E-state index in [1.807, 2.05) is 0 Å². The summed E-state index contributed by atoms with van der Waals surface area (Å²) >= 11 is 0. The monoisotopic (exact) mass is 250 g/mol. The summed E-state index contributed by atoms with van der Waals surface area (Å²) in [5, 5.41) is 2.15. The van der Waals surface area contributed by atoms with Gasteiger partial charge in [0.15, 0.2) is 0 Å². The Hall–Kier alpha value is -0.940. The first-order valence-corrected chi connectivity index (χ1v) is 5.98. The molecule has 1 aliphatic heterocycles. The molecule has 0 unspecified atom stereocenters. The second-order valence-corrected chi connectivity index (χ2v) is 5.18. The number of piperidine rings is 1. The Morgan fingerprint density at radius 1 is 1.29 bits per heavy atom. The highest BCUT2D eigenvalue weighted by Gasteiger charge is 2.64. The Kier molecular flexibility index (Phi) is 2.99. The minimum atomic E-state index is -4.33. The van der Waals surface area contributed by atoms with Gasteiger partial charge in [0.05, 0.1) is 0 Å². The van der Waals surface area contributed by atoms with Gasteiger partial charge in [-0.15, -0.1) is 0 Å². The molecule has 0 atom stereocenters. The molecule has 0 aromatic rings.